The number of hydrogen-bond donors (Lipinski definition) is 0. The molecular formula is C30H22Br4O3. The van der Waals surface area contributed by atoms with E-state index in [9.17, 15) is 9.59 Å². The third-order valence-electron chi connectivity index (χ3n) is 6.22. The summed E-state index contributed by atoms with van der Waals surface area (Å²) in [6.45, 7) is 4.25. The van der Waals surface area contributed by atoms with E-state index >= 15 is 0 Å². The first kappa shape index (κ1) is 28.0. The van der Waals surface area contributed by atoms with E-state index in [2.05, 4.69) is 89.7 Å². The third-order valence-corrected chi connectivity index (χ3v) is 8.81. The summed E-state index contributed by atoms with van der Waals surface area (Å²) in [5, 5.41) is 0. The van der Waals surface area contributed by atoms with Gasteiger partial charge in [0.05, 0.1) is 14.5 Å². The van der Waals surface area contributed by atoms with Crippen LogP contribution in [0.1, 0.15) is 51.3 Å². The zero-order valence-electron chi connectivity index (χ0n) is 20.0. The molecule has 0 aliphatic carbocycles. The van der Waals surface area contributed by atoms with E-state index in [-0.39, 0.29) is 12.2 Å². The summed E-state index contributed by atoms with van der Waals surface area (Å²) in [4.78, 5) is 25.4. The van der Waals surface area contributed by atoms with Crippen LogP contribution in [0.25, 0.3) is 0 Å². The Bertz CT molecular complexity index is 1310. The van der Waals surface area contributed by atoms with Gasteiger partial charge in [0.15, 0.2) is 11.5 Å². The van der Waals surface area contributed by atoms with Crippen molar-refractivity contribution in [2.24, 2.45) is 0 Å². The molecule has 0 aliphatic heterocycles. The maximum Gasteiger partial charge on any atom is 0.343 e. The highest BCUT2D eigenvalue weighted by molar-refractivity contribution is 9.11. The molecular weight excluding hydrogens is 728 g/mol. The predicted octanol–water partition coefficient (Wildman–Crippen LogP) is 9.71. The van der Waals surface area contributed by atoms with Crippen molar-refractivity contribution in [1.29, 1.82) is 0 Å². The minimum Gasteiger partial charge on any atom is -0.421 e. The highest BCUT2D eigenvalue weighted by atomic mass is 79.9. The Hall–Kier alpha value is -2.06. The summed E-state index contributed by atoms with van der Waals surface area (Å²) in [5.74, 6) is 0.0514. The summed E-state index contributed by atoms with van der Waals surface area (Å²) in [6, 6.07) is 26.2. The van der Waals surface area contributed by atoms with Crippen molar-refractivity contribution in [3.63, 3.8) is 0 Å². The van der Waals surface area contributed by atoms with Gasteiger partial charge in [-0.2, -0.15) is 0 Å². The van der Waals surface area contributed by atoms with Gasteiger partial charge in [-0.05, 0) is 84.9 Å². The molecule has 0 spiro atoms. The van der Waals surface area contributed by atoms with E-state index < -0.39 is 11.4 Å². The highest BCUT2D eigenvalue weighted by Crippen LogP contribution is 2.42. The molecule has 188 valence electrons. The minimum atomic E-state index is -0.428. The van der Waals surface area contributed by atoms with Gasteiger partial charge in [0.2, 0.25) is 0 Å². The number of Topliss-reactive ketones (excluding diaryl/α,β-unsaturated/α-hetero) is 1. The summed E-state index contributed by atoms with van der Waals surface area (Å²) >= 11 is 14.6. The van der Waals surface area contributed by atoms with Crippen LogP contribution in [0.3, 0.4) is 0 Å². The lowest BCUT2D eigenvalue weighted by atomic mass is 9.78. The number of carbonyl (C=O) groups excluding carboxylic acids is 2. The zero-order chi connectivity index (χ0) is 26.7. The quantitative estimate of drug-likeness (QED) is 0.107. The lowest BCUT2D eigenvalue weighted by Crippen LogP contribution is -2.20. The van der Waals surface area contributed by atoms with E-state index in [0.717, 1.165) is 25.6 Å². The zero-order valence-corrected chi connectivity index (χ0v) is 26.4. The molecule has 0 fully saturated rings. The first-order valence-electron chi connectivity index (χ1n) is 11.4. The van der Waals surface area contributed by atoms with Gasteiger partial charge in [0, 0.05) is 26.3 Å². The molecule has 0 saturated carbocycles. The van der Waals surface area contributed by atoms with Crippen LogP contribution in [-0.4, -0.2) is 11.8 Å². The molecule has 4 aromatic rings. The van der Waals surface area contributed by atoms with Crippen molar-refractivity contribution in [1.82, 2.24) is 0 Å². The van der Waals surface area contributed by atoms with Crippen molar-refractivity contribution in [3.8, 4) is 5.75 Å². The van der Waals surface area contributed by atoms with E-state index in [4.69, 9.17) is 4.74 Å². The Morgan fingerprint density at radius 1 is 0.676 bits per heavy atom. The summed E-state index contributed by atoms with van der Waals surface area (Å²) in [7, 11) is 0. The molecule has 4 aromatic carbocycles. The first-order chi connectivity index (χ1) is 17.6. The maximum absolute atomic E-state index is 12.8. The number of carbonyl (C=O) groups is 2. The fourth-order valence-electron chi connectivity index (χ4n) is 3.93. The Morgan fingerprint density at radius 3 is 1.59 bits per heavy atom. The van der Waals surface area contributed by atoms with Gasteiger partial charge in [0.1, 0.15) is 0 Å². The largest absolute Gasteiger partial charge is 0.421 e. The summed E-state index contributed by atoms with van der Waals surface area (Å²) in [5.41, 5.74) is 3.73. The number of esters is 1. The Morgan fingerprint density at radius 2 is 1.11 bits per heavy atom. The second-order valence-electron chi connectivity index (χ2n) is 9.03. The van der Waals surface area contributed by atoms with E-state index in [1.165, 1.54) is 0 Å². The molecule has 0 aliphatic rings. The second kappa shape index (κ2) is 11.8. The van der Waals surface area contributed by atoms with Gasteiger partial charge >= 0.3 is 5.97 Å². The van der Waals surface area contributed by atoms with Crippen molar-refractivity contribution in [3.05, 3.63) is 131 Å². The van der Waals surface area contributed by atoms with Crippen molar-refractivity contribution < 1.29 is 14.3 Å². The lowest BCUT2D eigenvalue weighted by molar-refractivity contribution is 0.0732. The van der Waals surface area contributed by atoms with Crippen LogP contribution in [0.5, 0.6) is 5.75 Å². The summed E-state index contributed by atoms with van der Waals surface area (Å²) < 4.78 is 8.74. The maximum atomic E-state index is 12.8. The molecule has 0 saturated heterocycles. The molecule has 4 rings (SSSR count). The monoisotopic (exact) mass is 746 g/mol. The number of rotatable bonds is 7. The van der Waals surface area contributed by atoms with Gasteiger partial charge in [-0.1, -0.05) is 94.2 Å². The first-order valence-corrected chi connectivity index (χ1v) is 14.6. The normalized spacial score (nSPS) is 11.3. The van der Waals surface area contributed by atoms with Crippen LogP contribution in [0, 0.1) is 0 Å². The smallest absolute Gasteiger partial charge is 0.343 e. The Labute approximate surface area is 250 Å². The number of benzene rings is 4. The molecule has 0 aromatic heterocycles. The van der Waals surface area contributed by atoms with Crippen molar-refractivity contribution in [2.75, 3.05) is 0 Å². The molecule has 37 heavy (non-hydrogen) atoms. The van der Waals surface area contributed by atoms with Crippen LogP contribution >= 0.6 is 63.7 Å². The minimum absolute atomic E-state index is 0.0579. The van der Waals surface area contributed by atoms with E-state index in [0.29, 0.717) is 25.8 Å². The summed E-state index contributed by atoms with van der Waals surface area (Å²) in [6.07, 6.45) is 0.282. The van der Waals surface area contributed by atoms with E-state index in [1.54, 1.807) is 24.3 Å². The molecule has 0 N–H and O–H groups in total. The van der Waals surface area contributed by atoms with Gasteiger partial charge in [-0.25, -0.2) is 4.79 Å². The van der Waals surface area contributed by atoms with Gasteiger partial charge in [-0.3, -0.25) is 4.79 Å². The molecule has 0 unspecified atom stereocenters. The van der Waals surface area contributed by atoms with Crippen LogP contribution < -0.4 is 4.74 Å². The molecule has 0 heterocycles. The molecule has 0 radical (unpaired) electrons. The molecule has 7 heteroatoms. The number of hydrogen-bond acceptors (Lipinski definition) is 3. The van der Waals surface area contributed by atoms with Crippen LogP contribution in [-0.2, 0) is 11.8 Å². The molecule has 0 bridgehead atoms. The van der Waals surface area contributed by atoms with Gasteiger partial charge in [-0.15, -0.1) is 0 Å². The second-order valence-corrected chi connectivity index (χ2v) is 12.5. The van der Waals surface area contributed by atoms with Gasteiger partial charge in [0.25, 0.3) is 0 Å². The number of ether oxygens (including phenoxy) is 1. The van der Waals surface area contributed by atoms with Crippen LogP contribution in [0.4, 0.5) is 0 Å². The lowest BCUT2D eigenvalue weighted by Gasteiger charge is -2.28. The fourth-order valence-corrected chi connectivity index (χ4v) is 6.75. The van der Waals surface area contributed by atoms with Crippen LogP contribution in [0.2, 0.25) is 0 Å². The average Bonchev–Trinajstić information content (AvgIpc) is 2.88. The fraction of sp³-hybridized carbons (Fsp3) is 0.133. The molecule has 0 amide bonds. The third kappa shape index (κ3) is 6.33. The van der Waals surface area contributed by atoms with Crippen LogP contribution in [0.15, 0.2) is 103 Å². The van der Waals surface area contributed by atoms with Crippen molar-refractivity contribution >= 4 is 75.5 Å². The SMILES string of the molecule is CC(C)(c1cc(Br)c(CC(=O)c2ccccc2)c(Br)c1)c1cc(Br)c(OC(=O)c2ccccc2)c(Br)c1. The highest BCUT2D eigenvalue weighted by Gasteiger charge is 2.28. The number of halogens is 4. The average molecular weight is 750 g/mol. The Balaban J connectivity index is 1.61. The topological polar surface area (TPSA) is 43.4 Å². The molecule has 0 atom stereocenters. The van der Waals surface area contributed by atoms with E-state index in [1.807, 2.05) is 48.5 Å². The van der Waals surface area contributed by atoms with Crippen molar-refractivity contribution in [2.45, 2.75) is 25.7 Å². The predicted molar refractivity (Wildman–Crippen MR) is 162 cm³/mol. The standard InChI is InChI=1S/C30H22Br4O3/c1-30(2,20-13-23(31)22(24(32)14-20)17-27(35)18-9-5-3-6-10-18)21-15-25(33)28(26(34)16-21)37-29(36)19-11-7-4-8-12-19/h3-16H,17H2,1-2H3. The van der Waals surface area contributed by atoms with Gasteiger partial charge < -0.3 is 4.74 Å². The Kier molecular flexibility index (Phi) is 8.89. The number of ketones is 1. The molecule has 3 nitrogen and oxygen atoms in total.